The van der Waals surface area contributed by atoms with Gasteiger partial charge in [-0.25, -0.2) is 4.98 Å². The largest absolute Gasteiger partial charge is 0.366 e. The number of Topliss-reactive ketones (excluding diaryl/α,β-unsaturated/α-hetero) is 1. The first-order chi connectivity index (χ1) is 14.9. The molecule has 0 radical (unpaired) electrons. The fourth-order valence-electron chi connectivity index (χ4n) is 4.25. The van der Waals surface area contributed by atoms with Gasteiger partial charge in [0.2, 0.25) is 0 Å². The topological polar surface area (TPSA) is 98.0 Å². The van der Waals surface area contributed by atoms with E-state index in [4.69, 9.17) is 0 Å². The van der Waals surface area contributed by atoms with Crippen molar-refractivity contribution in [1.29, 1.82) is 0 Å². The fraction of sp³-hybridized carbons (Fsp3) is 0.391. The molecule has 2 aromatic heterocycles. The maximum atomic E-state index is 12.9. The number of aromatic nitrogens is 4. The first-order valence-corrected chi connectivity index (χ1v) is 10.6. The Morgan fingerprint density at radius 3 is 2.72 bits per heavy atom. The summed E-state index contributed by atoms with van der Waals surface area (Å²) in [6.45, 7) is 9.57. The van der Waals surface area contributed by atoms with E-state index in [1.807, 2.05) is 0 Å². The van der Waals surface area contributed by atoms with Gasteiger partial charge in [0.25, 0.3) is 5.56 Å². The summed E-state index contributed by atoms with van der Waals surface area (Å²) >= 11 is 0. The molecule has 32 heavy (non-hydrogen) atoms. The maximum absolute atomic E-state index is 12.9. The van der Waals surface area contributed by atoms with E-state index in [2.05, 4.69) is 68.1 Å². The van der Waals surface area contributed by atoms with E-state index in [0.717, 1.165) is 19.6 Å². The Morgan fingerprint density at radius 2 is 2.00 bits per heavy atom. The van der Waals surface area contributed by atoms with Gasteiger partial charge in [-0.15, -0.1) is 12.4 Å². The third kappa shape index (κ3) is 5.08. The van der Waals surface area contributed by atoms with E-state index >= 15 is 0 Å². The lowest BCUT2D eigenvalue weighted by molar-refractivity contribution is 0.0959. The molecular formula is C23H29ClN6O2. The van der Waals surface area contributed by atoms with Gasteiger partial charge < -0.3 is 9.88 Å². The van der Waals surface area contributed by atoms with Crippen LogP contribution in [0.25, 0.3) is 11.5 Å². The van der Waals surface area contributed by atoms with Gasteiger partial charge in [0.1, 0.15) is 5.69 Å². The number of benzene rings is 1. The van der Waals surface area contributed by atoms with Crippen molar-refractivity contribution in [3.05, 3.63) is 63.7 Å². The third-order valence-electron chi connectivity index (χ3n) is 5.84. The van der Waals surface area contributed by atoms with Crippen molar-refractivity contribution in [2.24, 2.45) is 0 Å². The minimum atomic E-state index is -0.254. The van der Waals surface area contributed by atoms with Crippen LogP contribution in [0.2, 0.25) is 0 Å². The Hall–Kier alpha value is -2.97. The molecule has 4 rings (SSSR count). The fourth-order valence-corrected chi connectivity index (χ4v) is 4.25. The molecule has 170 valence electrons. The standard InChI is InChI=1S/C23H28N6O2.ClH/c1-15-6-4-5-7-19(15)29-11-10-28(14-17(29)3)9-8-20(30)18-13-24-27-22(18)23-25-16(2)12-21(31)26-23;/h4-7,12-13,17H,8-11,14H2,1-3H3,(H,24,27)(H,25,26,31);1H. The number of carbonyl (C=O) groups is 1. The number of hydrogen-bond donors (Lipinski definition) is 2. The van der Waals surface area contributed by atoms with Gasteiger partial charge in [0.05, 0.1) is 11.8 Å². The Kier molecular flexibility index (Phi) is 7.48. The van der Waals surface area contributed by atoms with Crippen molar-refractivity contribution >= 4 is 23.9 Å². The predicted octanol–water partition coefficient (Wildman–Crippen LogP) is 2.98. The number of nitrogens with one attached hydrogen (secondary N) is 2. The van der Waals surface area contributed by atoms with E-state index in [1.165, 1.54) is 23.5 Å². The lowest BCUT2D eigenvalue weighted by Crippen LogP contribution is -2.52. The molecule has 1 fully saturated rings. The molecule has 0 spiro atoms. The van der Waals surface area contributed by atoms with Crippen LogP contribution in [0.4, 0.5) is 5.69 Å². The first-order valence-electron chi connectivity index (χ1n) is 10.6. The van der Waals surface area contributed by atoms with E-state index in [-0.39, 0.29) is 23.7 Å². The number of nitrogens with zero attached hydrogens (tertiary/aromatic N) is 4. The second kappa shape index (κ2) is 10.1. The van der Waals surface area contributed by atoms with Crippen LogP contribution >= 0.6 is 12.4 Å². The van der Waals surface area contributed by atoms with Gasteiger partial charge in [-0.05, 0) is 32.4 Å². The van der Waals surface area contributed by atoms with E-state index in [0.29, 0.717) is 41.8 Å². The van der Waals surface area contributed by atoms with Crippen molar-refractivity contribution in [2.45, 2.75) is 33.2 Å². The highest BCUT2D eigenvalue weighted by Crippen LogP contribution is 2.24. The Balaban J connectivity index is 0.00000289. The van der Waals surface area contributed by atoms with Crippen molar-refractivity contribution in [1.82, 2.24) is 25.1 Å². The molecule has 1 aromatic carbocycles. The molecule has 1 atom stereocenters. The number of anilines is 1. The second-order valence-corrected chi connectivity index (χ2v) is 8.20. The molecule has 2 N–H and O–H groups in total. The summed E-state index contributed by atoms with van der Waals surface area (Å²) < 4.78 is 0. The van der Waals surface area contributed by atoms with Crippen LogP contribution in [0.1, 0.15) is 35.0 Å². The van der Waals surface area contributed by atoms with Crippen LogP contribution in [0.15, 0.2) is 41.3 Å². The lowest BCUT2D eigenvalue weighted by Gasteiger charge is -2.41. The van der Waals surface area contributed by atoms with E-state index < -0.39 is 0 Å². The highest BCUT2D eigenvalue weighted by atomic mass is 35.5. The van der Waals surface area contributed by atoms with Crippen molar-refractivity contribution in [2.75, 3.05) is 31.1 Å². The number of aryl methyl sites for hydroxylation is 2. The average Bonchev–Trinajstić information content (AvgIpc) is 3.22. The molecule has 1 saturated heterocycles. The summed E-state index contributed by atoms with van der Waals surface area (Å²) in [7, 11) is 0. The number of ketones is 1. The number of para-hydroxylation sites is 1. The van der Waals surface area contributed by atoms with Crippen LogP contribution in [-0.4, -0.2) is 63.1 Å². The predicted molar refractivity (Wildman–Crippen MR) is 128 cm³/mol. The van der Waals surface area contributed by atoms with Crippen LogP contribution in [0, 0.1) is 13.8 Å². The summed E-state index contributed by atoms with van der Waals surface area (Å²) in [5.41, 5.74) is 3.83. The van der Waals surface area contributed by atoms with Gasteiger partial charge in [-0.1, -0.05) is 18.2 Å². The Morgan fingerprint density at radius 1 is 1.22 bits per heavy atom. The van der Waals surface area contributed by atoms with Crippen molar-refractivity contribution in [3.8, 4) is 11.5 Å². The molecule has 1 aliphatic rings. The Bertz CT molecular complexity index is 1140. The van der Waals surface area contributed by atoms with Gasteiger partial charge in [-0.2, -0.15) is 5.10 Å². The number of aromatic amines is 2. The summed E-state index contributed by atoms with van der Waals surface area (Å²) in [4.78, 5) is 36.5. The van der Waals surface area contributed by atoms with Crippen molar-refractivity contribution < 1.29 is 4.79 Å². The summed E-state index contributed by atoms with van der Waals surface area (Å²) in [5.74, 6) is 0.327. The minimum Gasteiger partial charge on any atom is -0.366 e. The van der Waals surface area contributed by atoms with Gasteiger partial charge >= 0.3 is 0 Å². The van der Waals surface area contributed by atoms with Crippen LogP contribution in [0.3, 0.4) is 0 Å². The normalized spacial score (nSPS) is 16.6. The molecule has 0 saturated carbocycles. The lowest BCUT2D eigenvalue weighted by atomic mass is 10.1. The molecule has 8 nitrogen and oxygen atoms in total. The molecular weight excluding hydrogens is 428 g/mol. The van der Waals surface area contributed by atoms with Gasteiger partial charge in [-0.3, -0.25) is 19.6 Å². The van der Waals surface area contributed by atoms with E-state index in [9.17, 15) is 9.59 Å². The van der Waals surface area contributed by atoms with E-state index in [1.54, 1.807) is 6.92 Å². The zero-order valence-corrected chi connectivity index (χ0v) is 19.4. The summed E-state index contributed by atoms with van der Waals surface area (Å²) in [6.07, 6.45) is 1.90. The molecule has 1 aliphatic heterocycles. The molecule has 9 heteroatoms. The SMILES string of the molecule is Cc1cc(=O)[nH]c(-c2[nH]ncc2C(=O)CCN2CCN(c3ccccc3C)C(C)C2)n1.Cl. The molecule has 0 amide bonds. The monoisotopic (exact) mass is 456 g/mol. The molecule has 3 heterocycles. The van der Waals surface area contributed by atoms with Crippen molar-refractivity contribution in [3.63, 3.8) is 0 Å². The average molecular weight is 457 g/mol. The number of hydrogen-bond acceptors (Lipinski definition) is 6. The van der Waals surface area contributed by atoms with Crippen LogP contribution in [-0.2, 0) is 0 Å². The number of halogens is 1. The van der Waals surface area contributed by atoms with Gasteiger partial charge in [0.15, 0.2) is 11.6 Å². The first kappa shape index (κ1) is 23.7. The second-order valence-electron chi connectivity index (χ2n) is 8.20. The zero-order chi connectivity index (χ0) is 22.0. The molecule has 1 unspecified atom stereocenters. The smallest absolute Gasteiger partial charge is 0.251 e. The third-order valence-corrected chi connectivity index (χ3v) is 5.84. The zero-order valence-electron chi connectivity index (χ0n) is 18.6. The number of piperazine rings is 1. The Labute approximate surface area is 193 Å². The maximum Gasteiger partial charge on any atom is 0.251 e. The summed E-state index contributed by atoms with van der Waals surface area (Å²) in [6, 6.07) is 10.3. The van der Waals surface area contributed by atoms with Gasteiger partial charge in [0, 0.05) is 56.1 Å². The molecule has 0 aliphatic carbocycles. The van der Waals surface area contributed by atoms with Crippen LogP contribution in [0.5, 0.6) is 0 Å². The molecule has 3 aromatic rings. The highest BCUT2D eigenvalue weighted by molar-refractivity contribution is 6.00. The summed E-state index contributed by atoms with van der Waals surface area (Å²) in [5, 5.41) is 6.82. The quantitative estimate of drug-likeness (QED) is 0.553. The highest BCUT2D eigenvalue weighted by Gasteiger charge is 2.25. The number of H-pyrrole nitrogens is 2. The minimum absolute atomic E-state index is 0. The molecule has 0 bridgehead atoms. The van der Waals surface area contributed by atoms with Crippen LogP contribution < -0.4 is 10.5 Å². The number of rotatable bonds is 6. The number of carbonyl (C=O) groups excluding carboxylic acids is 1.